The van der Waals surface area contributed by atoms with Gasteiger partial charge in [0.2, 0.25) is 0 Å². The van der Waals surface area contributed by atoms with Crippen molar-refractivity contribution in [1.82, 2.24) is 0 Å². The number of hydrogen-bond acceptors (Lipinski definition) is 4. The summed E-state index contributed by atoms with van der Waals surface area (Å²) in [6.45, 7) is 8.39. The normalized spacial score (nSPS) is 18.1. The van der Waals surface area contributed by atoms with Gasteiger partial charge in [0.05, 0.1) is 16.6 Å². The molecule has 0 unspecified atom stereocenters. The van der Waals surface area contributed by atoms with Gasteiger partial charge in [-0.25, -0.2) is 0 Å². The molecule has 206 valence electrons. The molecule has 42 heavy (non-hydrogen) atoms. The van der Waals surface area contributed by atoms with E-state index in [1.54, 1.807) is 0 Å². The average Bonchev–Trinajstić information content (AvgIpc) is 3.39. The van der Waals surface area contributed by atoms with E-state index in [9.17, 15) is 0 Å². The molecule has 3 aliphatic rings. The van der Waals surface area contributed by atoms with Crippen molar-refractivity contribution < 1.29 is 14.0 Å². The standard InChI is InChI=1S/C37H32BNO3/c1-35(2)36(3,4)42-38(41-35)25-16-20-30-28(22-25)27-21-24(23-13-17-26(39)18-14-23)15-19-29(27)37(30)31-9-5-7-11-33(31)40-34-12-8-6-10-32(34)37/h5-22H,39H2,1-4H3. The van der Waals surface area contributed by atoms with Gasteiger partial charge in [-0.3, -0.25) is 0 Å². The van der Waals surface area contributed by atoms with Gasteiger partial charge in [-0.15, -0.1) is 0 Å². The van der Waals surface area contributed by atoms with Crippen LogP contribution in [0.5, 0.6) is 11.5 Å². The maximum atomic E-state index is 6.50. The summed E-state index contributed by atoms with van der Waals surface area (Å²) in [4.78, 5) is 0. The molecule has 2 aliphatic heterocycles. The lowest BCUT2D eigenvalue weighted by Gasteiger charge is -2.39. The Morgan fingerprint density at radius 3 is 1.69 bits per heavy atom. The maximum Gasteiger partial charge on any atom is 0.494 e. The quantitative estimate of drug-likeness (QED) is 0.177. The van der Waals surface area contributed by atoms with Gasteiger partial charge in [0, 0.05) is 16.8 Å². The first kappa shape index (κ1) is 25.4. The first-order valence-electron chi connectivity index (χ1n) is 14.6. The lowest BCUT2D eigenvalue weighted by atomic mass is 9.65. The van der Waals surface area contributed by atoms with E-state index in [1.165, 1.54) is 22.3 Å². The third-order valence-electron chi connectivity index (χ3n) is 9.73. The SMILES string of the molecule is CC1(C)OB(c2ccc3c(c2)-c2cc(-c4ccc(N)cc4)ccc2C32c3ccccc3Oc3ccccc32)OC1(C)C. The van der Waals surface area contributed by atoms with Crippen LogP contribution in [0.2, 0.25) is 0 Å². The lowest BCUT2D eigenvalue weighted by molar-refractivity contribution is 0.00578. The highest BCUT2D eigenvalue weighted by Crippen LogP contribution is 2.62. The van der Waals surface area contributed by atoms with E-state index >= 15 is 0 Å². The molecule has 1 aliphatic carbocycles. The number of anilines is 1. The van der Waals surface area contributed by atoms with Gasteiger partial charge in [-0.05, 0) is 96.9 Å². The fourth-order valence-corrected chi connectivity index (χ4v) is 6.91. The van der Waals surface area contributed by atoms with Crippen molar-refractivity contribution in [3.8, 4) is 33.8 Å². The summed E-state index contributed by atoms with van der Waals surface area (Å²) >= 11 is 0. The summed E-state index contributed by atoms with van der Waals surface area (Å²) < 4.78 is 19.5. The molecule has 8 rings (SSSR count). The Bertz CT molecular complexity index is 1830. The molecule has 0 radical (unpaired) electrons. The van der Waals surface area contributed by atoms with Crippen LogP contribution in [0.3, 0.4) is 0 Å². The molecule has 5 aromatic rings. The van der Waals surface area contributed by atoms with E-state index in [4.69, 9.17) is 19.8 Å². The van der Waals surface area contributed by atoms with Gasteiger partial charge in [-0.2, -0.15) is 0 Å². The van der Waals surface area contributed by atoms with Crippen LogP contribution in [0, 0.1) is 0 Å². The number of nitrogen functional groups attached to an aromatic ring is 1. The van der Waals surface area contributed by atoms with Crippen molar-refractivity contribution in [3.05, 3.63) is 131 Å². The fourth-order valence-electron chi connectivity index (χ4n) is 6.91. The number of rotatable bonds is 2. The zero-order chi connectivity index (χ0) is 28.9. The number of ether oxygens (including phenoxy) is 1. The van der Waals surface area contributed by atoms with E-state index in [2.05, 4.69) is 113 Å². The Labute approximate surface area is 247 Å². The average molecular weight is 549 g/mol. The molecule has 0 bridgehead atoms. The van der Waals surface area contributed by atoms with Gasteiger partial charge >= 0.3 is 7.12 Å². The molecule has 0 aromatic heterocycles. The van der Waals surface area contributed by atoms with E-state index < -0.39 is 23.7 Å². The van der Waals surface area contributed by atoms with Crippen LogP contribution in [-0.4, -0.2) is 18.3 Å². The highest BCUT2D eigenvalue weighted by molar-refractivity contribution is 6.62. The smallest absolute Gasteiger partial charge is 0.457 e. The summed E-state index contributed by atoms with van der Waals surface area (Å²) in [6, 6.07) is 38.5. The number of para-hydroxylation sites is 2. The molecule has 0 amide bonds. The van der Waals surface area contributed by atoms with Gasteiger partial charge in [0.1, 0.15) is 11.5 Å². The Hall–Kier alpha value is -4.32. The summed E-state index contributed by atoms with van der Waals surface area (Å²) in [5.74, 6) is 1.76. The van der Waals surface area contributed by atoms with Gasteiger partial charge in [-0.1, -0.05) is 78.9 Å². The molecule has 2 heterocycles. The van der Waals surface area contributed by atoms with E-state index in [-0.39, 0.29) is 0 Å². The van der Waals surface area contributed by atoms with Crippen LogP contribution in [0.15, 0.2) is 109 Å². The van der Waals surface area contributed by atoms with E-state index in [0.717, 1.165) is 44.9 Å². The van der Waals surface area contributed by atoms with Crippen molar-refractivity contribution in [2.45, 2.75) is 44.3 Å². The van der Waals surface area contributed by atoms with Gasteiger partial charge < -0.3 is 19.8 Å². The molecule has 1 spiro atoms. The molecule has 2 N–H and O–H groups in total. The van der Waals surface area contributed by atoms with Gasteiger partial charge in [0.25, 0.3) is 0 Å². The molecular formula is C37H32BNO3. The molecular weight excluding hydrogens is 517 g/mol. The largest absolute Gasteiger partial charge is 0.494 e. The Balaban J connectivity index is 1.41. The Morgan fingerprint density at radius 1 is 0.548 bits per heavy atom. The van der Waals surface area contributed by atoms with Crippen LogP contribution in [-0.2, 0) is 14.7 Å². The van der Waals surface area contributed by atoms with Crippen molar-refractivity contribution in [2.24, 2.45) is 0 Å². The number of fused-ring (bicyclic) bond motifs is 9. The summed E-state index contributed by atoms with van der Waals surface area (Å²) in [6.07, 6.45) is 0. The minimum Gasteiger partial charge on any atom is -0.457 e. The molecule has 1 saturated heterocycles. The highest BCUT2D eigenvalue weighted by Gasteiger charge is 2.54. The van der Waals surface area contributed by atoms with Crippen molar-refractivity contribution in [2.75, 3.05) is 5.73 Å². The van der Waals surface area contributed by atoms with Gasteiger partial charge in [0.15, 0.2) is 0 Å². The van der Waals surface area contributed by atoms with Crippen molar-refractivity contribution in [3.63, 3.8) is 0 Å². The predicted molar refractivity (Wildman–Crippen MR) is 169 cm³/mol. The molecule has 0 atom stereocenters. The molecule has 4 nitrogen and oxygen atoms in total. The first-order chi connectivity index (χ1) is 20.2. The third kappa shape index (κ3) is 3.38. The zero-order valence-electron chi connectivity index (χ0n) is 24.3. The second kappa shape index (κ2) is 8.60. The topological polar surface area (TPSA) is 53.7 Å². The second-order valence-corrected chi connectivity index (χ2v) is 12.6. The lowest BCUT2D eigenvalue weighted by Crippen LogP contribution is -2.41. The summed E-state index contributed by atoms with van der Waals surface area (Å²) in [7, 11) is -0.449. The number of nitrogens with two attached hydrogens (primary N) is 1. The minimum absolute atomic E-state index is 0.420. The first-order valence-corrected chi connectivity index (χ1v) is 14.6. The van der Waals surface area contributed by atoms with E-state index in [1.807, 2.05) is 24.3 Å². The van der Waals surface area contributed by atoms with Crippen LogP contribution >= 0.6 is 0 Å². The third-order valence-corrected chi connectivity index (χ3v) is 9.73. The van der Waals surface area contributed by atoms with Crippen molar-refractivity contribution >= 4 is 18.3 Å². The number of hydrogen-bond donors (Lipinski definition) is 1. The van der Waals surface area contributed by atoms with Crippen molar-refractivity contribution in [1.29, 1.82) is 0 Å². The fraction of sp³-hybridized carbons (Fsp3) is 0.189. The summed E-state index contributed by atoms with van der Waals surface area (Å²) in [5.41, 5.74) is 15.8. The molecule has 5 heteroatoms. The highest BCUT2D eigenvalue weighted by atomic mass is 16.7. The summed E-state index contributed by atoms with van der Waals surface area (Å²) in [5, 5.41) is 0. The number of benzene rings is 5. The second-order valence-electron chi connectivity index (χ2n) is 12.6. The molecule has 1 fully saturated rings. The van der Waals surface area contributed by atoms with Crippen LogP contribution in [0.4, 0.5) is 5.69 Å². The van der Waals surface area contributed by atoms with E-state index in [0.29, 0.717) is 0 Å². The zero-order valence-corrected chi connectivity index (χ0v) is 24.3. The molecule has 5 aromatic carbocycles. The Kier molecular flexibility index (Phi) is 5.20. The maximum absolute atomic E-state index is 6.50. The predicted octanol–water partition coefficient (Wildman–Crippen LogP) is 7.70. The monoisotopic (exact) mass is 549 g/mol. The van der Waals surface area contributed by atoms with Crippen LogP contribution in [0.1, 0.15) is 49.9 Å². The minimum atomic E-state index is -0.524. The molecule has 0 saturated carbocycles. The Morgan fingerprint density at radius 2 is 1.07 bits per heavy atom. The van der Waals surface area contributed by atoms with Crippen LogP contribution < -0.4 is 15.9 Å². The van der Waals surface area contributed by atoms with Crippen LogP contribution in [0.25, 0.3) is 22.3 Å².